The largest absolute Gasteiger partial charge is 0.324 e. The predicted molar refractivity (Wildman–Crippen MR) is 62.2 cm³/mol. The van der Waals surface area contributed by atoms with Crippen molar-refractivity contribution in [1.82, 2.24) is 10.2 Å². The quantitative estimate of drug-likeness (QED) is 0.865. The molecule has 17 heavy (non-hydrogen) atoms. The number of nitrogens with two attached hydrogens (primary N) is 1. The Balaban J connectivity index is 2.08. The minimum absolute atomic E-state index is 0.231. The SMILES string of the molecule is NCc1nnc(C(=O)Nc2ccc(F)cc2)s1. The Bertz CT molecular complexity index is 525. The van der Waals surface area contributed by atoms with Gasteiger partial charge in [0.1, 0.15) is 10.8 Å². The van der Waals surface area contributed by atoms with Crippen molar-refractivity contribution in [3.8, 4) is 0 Å². The molecule has 0 bridgehead atoms. The molecule has 0 fully saturated rings. The second kappa shape index (κ2) is 4.98. The normalized spacial score (nSPS) is 10.2. The highest BCUT2D eigenvalue weighted by Gasteiger charge is 2.12. The summed E-state index contributed by atoms with van der Waals surface area (Å²) in [6, 6.07) is 5.47. The van der Waals surface area contributed by atoms with E-state index in [-0.39, 0.29) is 23.3 Å². The molecule has 1 aromatic heterocycles. The average molecular weight is 252 g/mol. The van der Waals surface area contributed by atoms with Crippen LogP contribution in [-0.4, -0.2) is 16.1 Å². The van der Waals surface area contributed by atoms with Crippen LogP contribution in [0, 0.1) is 5.82 Å². The molecule has 0 aliphatic rings. The van der Waals surface area contributed by atoms with Crippen molar-refractivity contribution >= 4 is 22.9 Å². The van der Waals surface area contributed by atoms with E-state index in [1.807, 2.05) is 0 Å². The molecular formula is C10H9FN4OS. The molecule has 0 atom stereocenters. The molecule has 0 saturated carbocycles. The highest BCUT2D eigenvalue weighted by atomic mass is 32.1. The van der Waals surface area contributed by atoms with E-state index in [1.165, 1.54) is 24.3 Å². The van der Waals surface area contributed by atoms with Crippen LogP contribution >= 0.6 is 11.3 Å². The van der Waals surface area contributed by atoms with Gasteiger partial charge in [-0.2, -0.15) is 0 Å². The highest BCUT2D eigenvalue weighted by Crippen LogP contribution is 2.13. The summed E-state index contributed by atoms with van der Waals surface area (Å²) in [5.74, 6) is -0.738. The molecule has 88 valence electrons. The monoisotopic (exact) mass is 252 g/mol. The highest BCUT2D eigenvalue weighted by molar-refractivity contribution is 7.13. The molecule has 0 spiro atoms. The van der Waals surface area contributed by atoms with Crippen LogP contribution in [0.25, 0.3) is 0 Å². The average Bonchev–Trinajstić information content (AvgIpc) is 2.81. The summed E-state index contributed by atoms with van der Waals surface area (Å²) in [4.78, 5) is 11.7. The van der Waals surface area contributed by atoms with E-state index in [0.29, 0.717) is 10.7 Å². The second-order valence-corrected chi connectivity index (χ2v) is 4.23. The maximum absolute atomic E-state index is 12.6. The van der Waals surface area contributed by atoms with Crippen LogP contribution in [0.3, 0.4) is 0 Å². The summed E-state index contributed by atoms with van der Waals surface area (Å²) in [5.41, 5.74) is 5.87. The van der Waals surface area contributed by atoms with E-state index in [9.17, 15) is 9.18 Å². The third-order valence-corrected chi connectivity index (χ3v) is 2.88. The third kappa shape index (κ3) is 2.83. The zero-order valence-corrected chi connectivity index (χ0v) is 9.50. The smallest absolute Gasteiger partial charge is 0.286 e. The molecule has 1 heterocycles. The van der Waals surface area contributed by atoms with Crippen molar-refractivity contribution in [2.45, 2.75) is 6.54 Å². The van der Waals surface area contributed by atoms with E-state index in [1.54, 1.807) is 0 Å². The van der Waals surface area contributed by atoms with E-state index in [0.717, 1.165) is 11.3 Å². The van der Waals surface area contributed by atoms with Crippen molar-refractivity contribution in [2.75, 3.05) is 5.32 Å². The number of carbonyl (C=O) groups is 1. The number of benzene rings is 1. The van der Waals surface area contributed by atoms with Crippen molar-refractivity contribution < 1.29 is 9.18 Å². The van der Waals surface area contributed by atoms with Gasteiger partial charge in [0.05, 0.1) is 0 Å². The summed E-state index contributed by atoms with van der Waals surface area (Å²) in [7, 11) is 0. The molecule has 2 rings (SSSR count). The van der Waals surface area contributed by atoms with Gasteiger partial charge in [-0.3, -0.25) is 4.79 Å². The van der Waals surface area contributed by atoms with Gasteiger partial charge in [-0.05, 0) is 24.3 Å². The van der Waals surface area contributed by atoms with Gasteiger partial charge in [-0.15, -0.1) is 10.2 Å². The van der Waals surface area contributed by atoms with E-state index in [2.05, 4.69) is 15.5 Å². The van der Waals surface area contributed by atoms with Gasteiger partial charge in [-0.25, -0.2) is 4.39 Å². The molecule has 7 heteroatoms. The molecular weight excluding hydrogens is 243 g/mol. The molecule has 1 amide bonds. The van der Waals surface area contributed by atoms with Crippen LogP contribution in [0.15, 0.2) is 24.3 Å². The van der Waals surface area contributed by atoms with Crippen LogP contribution in [-0.2, 0) is 6.54 Å². The number of nitrogens with zero attached hydrogens (tertiary/aromatic N) is 2. The fourth-order valence-corrected chi connectivity index (χ4v) is 1.76. The van der Waals surface area contributed by atoms with Gasteiger partial charge < -0.3 is 11.1 Å². The molecule has 1 aromatic carbocycles. The summed E-state index contributed by atoms with van der Waals surface area (Å²) in [5, 5.41) is 10.8. The zero-order valence-electron chi connectivity index (χ0n) is 8.68. The third-order valence-electron chi connectivity index (χ3n) is 1.94. The van der Waals surface area contributed by atoms with Gasteiger partial charge in [0.25, 0.3) is 5.91 Å². The van der Waals surface area contributed by atoms with Crippen LogP contribution in [0.1, 0.15) is 14.8 Å². The number of carbonyl (C=O) groups excluding carboxylic acids is 1. The molecule has 0 unspecified atom stereocenters. The van der Waals surface area contributed by atoms with Gasteiger partial charge in [-0.1, -0.05) is 11.3 Å². The number of amides is 1. The van der Waals surface area contributed by atoms with Gasteiger partial charge in [0, 0.05) is 12.2 Å². The molecule has 3 N–H and O–H groups in total. The minimum atomic E-state index is -0.381. The first-order valence-electron chi connectivity index (χ1n) is 4.78. The van der Waals surface area contributed by atoms with E-state index >= 15 is 0 Å². The van der Waals surface area contributed by atoms with Crippen LogP contribution in [0.2, 0.25) is 0 Å². The van der Waals surface area contributed by atoms with Crippen molar-refractivity contribution in [3.63, 3.8) is 0 Å². The number of aromatic nitrogens is 2. The standard InChI is InChI=1S/C10H9FN4OS/c11-6-1-3-7(4-2-6)13-9(16)10-15-14-8(5-12)17-10/h1-4H,5,12H2,(H,13,16). The number of halogens is 1. The summed E-state index contributed by atoms with van der Waals surface area (Å²) in [6.45, 7) is 0.251. The zero-order chi connectivity index (χ0) is 12.3. The van der Waals surface area contributed by atoms with Crippen molar-refractivity contribution in [3.05, 3.63) is 40.1 Å². The predicted octanol–water partition coefficient (Wildman–Crippen LogP) is 1.39. The van der Waals surface area contributed by atoms with Crippen LogP contribution in [0.4, 0.5) is 10.1 Å². The van der Waals surface area contributed by atoms with Crippen molar-refractivity contribution in [1.29, 1.82) is 0 Å². The maximum atomic E-state index is 12.6. The summed E-state index contributed by atoms with van der Waals surface area (Å²) in [6.07, 6.45) is 0. The Morgan fingerprint density at radius 3 is 2.65 bits per heavy atom. The minimum Gasteiger partial charge on any atom is -0.324 e. The lowest BCUT2D eigenvalue weighted by Gasteiger charge is -2.01. The van der Waals surface area contributed by atoms with Crippen molar-refractivity contribution in [2.24, 2.45) is 5.73 Å². The van der Waals surface area contributed by atoms with Crippen LogP contribution in [0.5, 0.6) is 0 Å². The van der Waals surface area contributed by atoms with E-state index in [4.69, 9.17) is 5.73 Å². The number of anilines is 1. The molecule has 2 aromatic rings. The fourth-order valence-electron chi connectivity index (χ4n) is 1.15. The molecule has 5 nitrogen and oxygen atoms in total. The van der Waals surface area contributed by atoms with Crippen LogP contribution < -0.4 is 11.1 Å². The lowest BCUT2D eigenvalue weighted by atomic mass is 10.3. The Morgan fingerprint density at radius 2 is 2.06 bits per heavy atom. The fraction of sp³-hybridized carbons (Fsp3) is 0.100. The van der Waals surface area contributed by atoms with Gasteiger partial charge >= 0.3 is 0 Å². The molecule has 0 aliphatic carbocycles. The number of nitrogens with one attached hydrogen (secondary N) is 1. The molecule has 0 aliphatic heterocycles. The maximum Gasteiger partial charge on any atom is 0.286 e. The topological polar surface area (TPSA) is 80.9 Å². The van der Waals surface area contributed by atoms with Gasteiger partial charge in [0.15, 0.2) is 0 Å². The lowest BCUT2D eigenvalue weighted by Crippen LogP contribution is -2.11. The Morgan fingerprint density at radius 1 is 1.35 bits per heavy atom. The number of hydrogen-bond acceptors (Lipinski definition) is 5. The van der Waals surface area contributed by atoms with E-state index < -0.39 is 0 Å². The first kappa shape index (κ1) is 11.6. The lowest BCUT2D eigenvalue weighted by molar-refractivity contribution is 0.102. The first-order valence-corrected chi connectivity index (χ1v) is 5.60. The first-order chi connectivity index (χ1) is 8.19. The molecule has 0 radical (unpaired) electrons. The molecule has 0 saturated heterocycles. The summed E-state index contributed by atoms with van der Waals surface area (Å²) >= 11 is 1.13. The second-order valence-electron chi connectivity index (χ2n) is 3.17. The van der Waals surface area contributed by atoms with Gasteiger partial charge in [0.2, 0.25) is 5.01 Å². The number of rotatable bonds is 3. The Labute approximate surface area is 100 Å². The Hall–Kier alpha value is -1.86. The number of hydrogen-bond donors (Lipinski definition) is 2. The Kier molecular flexibility index (Phi) is 3.40. The summed E-state index contributed by atoms with van der Waals surface area (Å²) < 4.78 is 12.6.